The van der Waals surface area contributed by atoms with Gasteiger partial charge in [0.2, 0.25) is 5.91 Å². The molecule has 15 heavy (non-hydrogen) atoms. The first kappa shape index (κ1) is 12.5. The Labute approximate surface area is 92.6 Å². The summed E-state index contributed by atoms with van der Waals surface area (Å²) in [6.45, 7) is 10.7. The van der Waals surface area contributed by atoms with Gasteiger partial charge in [0.05, 0.1) is 6.54 Å². The number of carbonyl (C=O) groups is 1. The lowest BCUT2D eigenvalue weighted by Crippen LogP contribution is -2.51. The third-order valence-corrected chi connectivity index (χ3v) is 2.95. The van der Waals surface area contributed by atoms with Gasteiger partial charge in [-0.05, 0) is 20.8 Å². The van der Waals surface area contributed by atoms with E-state index in [1.165, 1.54) is 0 Å². The molecule has 1 saturated heterocycles. The molecule has 0 aliphatic carbocycles. The Balaban J connectivity index is 2.40. The molecule has 0 bridgehead atoms. The fraction of sp³-hybridized carbons (Fsp3) is 0.909. The van der Waals surface area contributed by atoms with Crippen LogP contribution in [0.4, 0.5) is 0 Å². The van der Waals surface area contributed by atoms with E-state index in [9.17, 15) is 4.79 Å². The highest BCUT2D eigenvalue weighted by Crippen LogP contribution is 2.10. The van der Waals surface area contributed by atoms with Gasteiger partial charge in [0.1, 0.15) is 0 Å². The smallest absolute Gasteiger partial charge is 0.236 e. The van der Waals surface area contributed by atoms with Gasteiger partial charge in [0, 0.05) is 38.8 Å². The summed E-state index contributed by atoms with van der Waals surface area (Å²) in [5, 5.41) is 3.28. The van der Waals surface area contributed by atoms with Crippen molar-refractivity contribution in [2.75, 3.05) is 39.8 Å². The van der Waals surface area contributed by atoms with Crippen LogP contribution in [0.5, 0.6) is 0 Å². The summed E-state index contributed by atoms with van der Waals surface area (Å²) in [4.78, 5) is 16.0. The summed E-state index contributed by atoms with van der Waals surface area (Å²) < 4.78 is 0. The lowest BCUT2D eigenvalue weighted by Gasteiger charge is -2.35. The number of nitrogens with zero attached hydrogens (tertiary/aromatic N) is 2. The van der Waals surface area contributed by atoms with Crippen molar-refractivity contribution in [3.63, 3.8) is 0 Å². The van der Waals surface area contributed by atoms with Crippen molar-refractivity contribution in [1.29, 1.82) is 0 Å². The third kappa shape index (κ3) is 3.80. The molecule has 0 aromatic carbocycles. The van der Waals surface area contributed by atoms with Crippen LogP contribution < -0.4 is 5.32 Å². The number of likely N-dealkylation sites (N-methyl/N-ethyl adjacent to an activating group) is 1. The fourth-order valence-corrected chi connectivity index (χ4v) is 1.54. The normalized spacial score (nSPS) is 18.9. The highest BCUT2D eigenvalue weighted by molar-refractivity contribution is 5.78. The van der Waals surface area contributed by atoms with Gasteiger partial charge in [-0.1, -0.05) is 0 Å². The first-order valence-electron chi connectivity index (χ1n) is 5.61. The van der Waals surface area contributed by atoms with E-state index >= 15 is 0 Å². The maximum atomic E-state index is 11.9. The van der Waals surface area contributed by atoms with Crippen LogP contribution in [0.1, 0.15) is 20.8 Å². The molecule has 1 fully saturated rings. The zero-order valence-corrected chi connectivity index (χ0v) is 10.3. The molecule has 4 heteroatoms. The van der Waals surface area contributed by atoms with E-state index in [1.807, 2.05) is 11.9 Å². The number of hydrogen-bond acceptors (Lipinski definition) is 3. The van der Waals surface area contributed by atoms with Crippen LogP contribution in [0.15, 0.2) is 0 Å². The van der Waals surface area contributed by atoms with E-state index in [4.69, 9.17) is 0 Å². The molecule has 0 saturated carbocycles. The number of nitrogens with one attached hydrogen (secondary N) is 1. The van der Waals surface area contributed by atoms with Crippen molar-refractivity contribution in [3.8, 4) is 0 Å². The lowest BCUT2D eigenvalue weighted by atomic mass is 10.1. The molecular weight excluding hydrogens is 190 g/mol. The molecule has 1 aliphatic heterocycles. The number of hydrogen-bond donors (Lipinski definition) is 1. The van der Waals surface area contributed by atoms with Gasteiger partial charge in [0.25, 0.3) is 0 Å². The number of carbonyl (C=O) groups excluding carboxylic acids is 1. The van der Waals surface area contributed by atoms with Crippen LogP contribution in [0, 0.1) is 0 Å². The second-order valence-electron chi connectivity index (χ2n) is 5.15. The molecule has 88 valence electrons. The van der Waals surface area contributed by atoms with Crippen LogP contribution in [-0.2, 0) is 4.79 Å². The van der Waals surface area contributed by atoms with E-state index in [1.54, 1.807) is 0 Å². The predicted molar refractivity (Wildman–Crippen MR) is 61.8 cm³/mol. The average molecular weight is 213 g/mol. The molecule has 0 atom stereocenters. The molecular formula is C11H23N3O. The van der Waals surface area contributed by atoms with Crippen molar-refractivity contribution in [2.24, 2.45) is 0 Å². The lowest BCUT2D eigenvalue weighted by molar-refractivity contribution is -0.135. The Morgan fingerprint density at radius 1 is 1.33 bits per heavy atom. The third-order valence-electron chi connectivity index (χ3n) is 2.95. The molecule has 0 unspecified atom stereocenters. The Kier molecular flexibility index (Phi) is 4.11. The maximum absolute atomic E-state index is 11.9. The molecule has 0 radical (unpaired) electrons. The summed E-state index contributed by atoms with van der Waals surface area (Å²) in [5.74, 6) is 0.212. The van der Waals surface area contributed by atoms with Crippen molar-refractivity contribution in [1.82, 2.24) is 15.1 Å². The zero-order chi connectivity index (χ0) is 11.5. The van der Waals surface area contributed by atoms with Gasteiger partial charge >= 0.3 is 0 Å². The van der Waals surface area contributed by atoms with Crippen molar-refractivity contribution >= 4 is 5.91 Å². The minimum absolute atomic E-state index is 0.0783. The highest BCUT2D eigenvalue weighted by Gasteiger charge is 2.24. The average Bonchev–Trinajstić information content (AvgIpc) is 2.16. The van der Waals surface area contributed by atoms with E-state index < -0.39 is 0 Å². The molecule has 0 aromatic heterocycles. The van der Waals surface area contributed by atoms with Crippen LogP contribution in [0.25, 0.3) is 0 Å². The van der Waals surface area contributed by atoms with Crippen molar-refractivity contribution < 1.29 is 4.79 Å². The van der Waals surface area contributed by atoms with Gasteiger partial charge < -0.3 is 10.2 Å². The predicted octanol–water partition coefficient (Wildman–Crippen LogP) is 0.149. The Morgan fingerprint density at radius 3 is 2.33 bits per heavy atom. The quantitative estimate of drug-likeness (QED) is 0.709. The summed E-state index contributed by atoms with van der Waals surface area (Å²) in [6.07, 6.45) is 0. The van der Waals surface area contributed by atoms with Crippen molar-refractivity contribution in [3.05, 3.63) is 0 Å². The molecule has 1 rings (SSSR count). The van der Waals surface area contributed by atoms with Gasteiger partial charge in [-0.25, -0.2) is 0 Å². The first-order chi connectivity index (χ1) is 6.91. The SMILES string of the molecule is CN(C(=O)CN1CCNCC1)C(C)(C)C. The second-order valence-corrected chi connectivity index (χ2v) is 5.15. The van der Waals surface area contributed by atoms with Crippen LogP contribution >= 0.6 is 0 Å². The summed E-state index contributed by atoms with van der Waals surface area (Å²) in [5.41, 5.74) is -0.0783. The molecule has 1 amide bonds. The Morgan fingerprint density at radius 2 is 1.87 bits per heavy atom. The van der Waals surface area contributed by atoms with Gasteiger partial charge in [-0.2, -0.15) is 0 Å². The molecule has 4 nitrogen and oxygen atoms in total. The minimum Gasteiger partial charge on any atom is -0.340 e. The molecule has 1 heterocycles. The van der Waals surface area contributed by atoms with Gasteiger partial charge in [-0.15, -0.1) is 0 Å². The van der Waals surface area contributed by atoms with Gasteiger partial charge in [0.15, 0.2) is 0 Å². The maximum Gasteiger partial charge on any atom is 0.236 e. The minimum atomic E-state index is -0.0783. The monoisotopic (exact) mass is 213 g/mol. The molecule has 1 N–H and O–H groups in total. The molecule has 0 spiro atoms. The van der Waals surface area contributed by atoms with Gasteiger partial charge in [-0.3, -0.25) is 9.69 Å². The highest BCUT2D eigenvalue weighted by atomic mass is 16.2. The zero-order valence-electron chi connectivity index (χ0n) is 10.3. The standard InChI is InChI=1S/C11H23N3O/c1-11(2,3)13(4)10(15)9-14-7-5-12-6-8-14/h12H,5-9H2,1-4H3. The molecule has 0 aromatic rings. The number of amides is 1. The van der Waals surface area contributed by atoms with E-state index in [-0.39, 0.29) is 11.4 Å². The largest absolute Gasteiger partial charge is 0.340 e. The summed E-state index contributed by atoms with van der Waals surface area (Å²) in [7, 11) is 1.88. The van der Waals surface area contributed by atoms with Crippen LogP contribution in [0.3, 0.4) is 0 Å². The number of rotatable bonds is 2. The number of piperazine rings is 1. The summed E-state index contributed by atoms with van der Waals surface area (Å²) in [6, 6.07) is 0. The second kappa shape index (κ2) is 4.94. The molecule has 1 aliphatic rings. The first-order valence-corrected chi connectivity index (χ1v) is 5.61. The van der Waals surface area contributed by atoms with E-state index in [0.717, 1.165) is 26.2 Å². The topological polar surface area (TPSA) is 35.6 Å². The summed E-state index contributed by atoms with van der Waals surface area (Å²) >= 11 is 0. The van der Waals surface area contributed by atoms with E-state index in [2.05, 4.69) is 31.0 Å². The van der Waals surface area contributed by atoms with E-state index in [0.29, 0.717) is 6.54 Å². The Hall–Kier alpha value is -0.610. The van der Waals surface area contributed by atoms with Crippen molar-refractivity contribution in [2.45, 2.75) is 26.3 Å². The fourth-order valence-electron chi connectivity index (χ4n) is 1.54. The van der Waals surface area contributed by atoms with Crippen LogP contribution in [-0.4, -0.2) is 61.0 Å². The Bertz CT molecular complexity index is 216. The van der Waals surface area contributed by atoms with Crippen LogP contribution in [0.2, 0.25) is 0 Å².